The van der Waals surface area contributed by atoms with Crippen molar-refractivity contribution in [3.05, 3.63) is 11.6 Å². The Labute approximate surface area is 384 Å². The van der Waals surface area contributed by atoms with Crippen molar-refractivity contribution in [2.45, 2.75) is 228 Å². The van der Waals surface area contributed by atoms with Crippen molar-refractivity contribution >= 4 is 24.1 Å². The van der Waals surface area contributed by atoms with Crippen molar-refractivity contribution in [1.82, 2.24) is 15.5 Å². The molecular formula is C53H93N3O7. The van der Waals surface area contributed by atoms with Gasteiger partial charge in [0, 0.05) is 32.5 Å². The number of rotatable bonds is 23. The third-order valence-corrected chi connectivity index (χ3v) is 15.5. The van der Waals surface area contributed by atoms with Gasteiger partial charge in [0.25, 0.3) is 0 Å². The maximum absolute atomic E-state index is 13.7. The van der Waals surface area contributed by atoms with E-state index in [2.05, 4.69) is 51.3 Å². The Morgan fingerprint density at radius 3 is 1.95 bits per heavy atom. The maximum atomic E-state index is 13.7. The smallest absolute Gasteiger partial charge is 0.407 e. The van der Waals surface area contributed by atoms with Gasteiger partial charge in [0.15, 0.2) is 0 Å². The predicted molar refractivity (Wildman–Crippen MR) is 254 cm³/mol. The van der Waals surface area contributed by atoms with Crippen molar-refractivity contribution < 1.29 is 33.4 Å². The lowest BCUT2D eigenvalue weighted by molar-refractivity contribution is -0.156. The van der Waals surface area contributed by atoms with E-state index in [-0.39, 0.29) is 36.0 Å². The predicted octanol–water partition coefficient (Wildman–Crippen LogP) is 12.7. The summed E-state index contributed by atoms with van der Waals surface area (Å²) in [6.07, 6.45) is 23.5. The fourth-order valence-electron chi connectivity index (χ4n) is 12.3. The highest BCUT2D eigenvalue weighted by Crippen LogP contribution is 2.67. The molecule has 2 N–H and O–H groups in total. The summed E-state index contributed by atoms with van der Waals surface area (Å²) in [4.78, 5) is 52.9. The van der Waals surface area contributed by atoms with Gasteiger partial charge in [-0.2, -0.15) is 0 Å². The number of nitrogens with zero attached hydrogens (tertiary/aromatic N) is 1. The molecule has 4 aliphatic rings. The number of amides is 3. The van der Waals surface area contributed by atoms with Gasteiger partial charge < -0.3 is 29.7 Å². The number of fused-ring (bicyclic) bond motifs is 5. The van der Waals surface area contributed by atoms with Gasteiger partial charge in [-0.3, -0.25) is 9.59 Å². The van der Waals surface area contributed by atoms with Gasteiger partial charge in [-0.05, 0) is 159 Å². The van der Waals surface area contributed by atoms with E-state index in [1.807, 2.05) is 41.5 Å². The molecule has 8 atom stereocenters. The van der Waals surface area contributed by atoms with Crippen molar-refractivity contribution in [2.24, 2.45) is 46.3 Å². The van der Waals surface area contributed by atoms with E-state index in [1.54, 1.807) is 4.90 Å². The standard InChI is InChI=1S/C53H93N3O7/c1-38(2)22-21-23-39(3)43-27-28-44-42-26-25-40-36-41(29-31-52(40,10)45(42)30-32-53(43,44)11)61-47(58)37-56(46(57)24-17-16-19-34-55-49(60)63-51(7,8)9)35-20-15-13-12-14-18-33-54-48(59)62-50(4,5)6/h25,38-39,41-45H,12-24,26-37H2,1-11H3,(H,54,59)(H,55,60)/t39?,41-,42-,43+,44-,45-,52-,53+/m0/s1. The van der Waals surface area contributed by atoms with Crippen LogP contribution in [-0.2, 0) is 23.8 Å². The van der Waals surface area contributed by atoms with Crippen LogP contribution in [0.25, 0.3) is 0 Å². The number of allylic oxidation sites excluding steroid dienone is 1. The molecule has 10 heteroatoms. The molecule has 10 nitrogen and oxygen atoms in total. The Morgan fingerprint density at radius 1 is 0.730 bits per heavy atom. The van der Waals surface area contributed by atoms with Crippen molar-refractivity contribution in [3.8, 4) is 0 Å². The van der Waals surface area contributed by atoms with Crippen LogP contribution < -0.4 is 10.6 Å². The molecule has 3 saturated carbocycles. The molecule has 0 aliphatic heterocycles. The van der Waals surface area contributed by atoms with E-state index >= 15 is 0 Å². The van der Waals surface area contributed by atoms with E-state index in [9.17, 15) is 19.2 Å². The SMILES string of the molecule is CC(C)CCCC(C)[C@H]1CC[C@H]2[C@@H]3CC=C4C[C@@H](OC(=O)CN(CCCCCCCCNC(=O)OC(C)(C)C)C(=O)CCCCCNC(=O)OC(C)(C)C)CC[C@]4(C)[C@H]3CC[C@]12C. The van der Waals surface area contributed by atoms with Crippen LogP contribution in [0.15, 0.2) is 11.6 Å². The maximum Gasteiger partial charge on any atom is 0.407 e. The van der Waals surface area contributed by atoms with Crippen molar-refractivity contribution in [1.29, 1.82) is 0 Å². The van der Waals surface area contributed by atoms with E-state index < -0.39 is 17.3 Å². The molecule has 4 aliphatic carbocycles. The Hall–Kier alpha value is -2.78. The fourth-order valence-corrected chi connectivity index (χ4v) is 12.3. The van der Waals surface area contributed by atoms with E-state index in [4.69, 9.17) is 14.2 Å². The summed E-state index contributed by atoms with van der Waals surface area (Å²) in [6.45, 7) is 25.2. The highest BCUT2D eigenvalue weighted by atomic mass is 16.6. The van der Waals surface area contributed by atoms with Crippen LogP contribution in [0.2, 0.25) is 0 Å². The number of alkyl carbamates (subject to hydrolysis) is 2. The molecule has 3 amide bonds. The third-order valence-electron chi connectivity index (χ3n) is 15.5. The minimum absolute atomic E-state index is 0.00972. The second-order valence-corrected chi connectivity index (χ2v) is 23.2. The average molecular weight is 884 g/mol. The number of carbonyl (C=O) groups excluding carboxylic acids is 4. The zero-order chi connectivity index (χ0) is 46.4. The lowest BCUT2D eigenvalue weighted by Crippen LogP contribution is -2.51. The van der Waals surface area contributed by atoms with E-state index in [0.29, 0.717) is 37.9 Å². The van der Waals surface area contributed by atoms with Crippen LogP contribution in [0.1, 0.15) is 211 Å². The summed E-state index contributed by atoms with van der Waals surface area (Å²) in [7, 11) is 0. The van der Waals surface area contributed by atoms with Gasteiger partial charge in [-0.15, -0.1) is 0 Å². The molecule has 0 spiro atoms. The average Bonchev–Trinajstić information content (AvgIpc) is 3.54. The van der Waals surface area contributed by atoms with Gasteiger partial charge in [-0.25, -0.2) is 9.59 Å². The molecule has 0 aromatic rings. The topological polar surface area (TPSA) is 123 Å². The first kappa shape index (κ1) is 52.8. The Morgan fingerprint density at radius 2 is 1.33 bits per heavy atom. The minimum Gasteiger partial charge on any atom is -0.461 e. The molecule has 0 saturated heterocycles. The first-order valence-electron chi connectivity index (χ1n) is 25.7. The molecule has 1 unspecified atom stereocenters. The summed E-state index contributed by atoms with van der Waals surface area (Å²) in [6, 6.07) is 0. The lowest BCUT2D eigenvalue weighted by atomic mass is 9.47. The molecule has 0 aromatic heterocycles. The van der Waals surface area contributed by atoms with Crippen molar-refractivity contribution in [2.75, 3.05) is 26.2 Å². The van der Waals surface area contributed by atoms with E-state index in [0.717, 1.165) is 106 Å². The quantitative estimate of drug-likeness (QED) is 0.0453. The second-order valence-electron chi connectivity index (χ2n) is 23.2. The highest BCUT2D eigenvalue weighted by Gasteiger charge is 2.59. The lowest BCUT2D eigenvalue weighted by Gasteiger charge is -2.58. The zero-order valence-electron chi connectivity index (χ0n) is 42.1. The van der Waals surface area contributed by atoms with Gasteiger partial charge in [0.05, 0.1) is 0 Å². The van der Waals surface area contributed by atoms with Crippen LogP contribution in [0.5, 0.6) is 0 Å². The summed E-state index contributed by atoms with van der Waals surface area (Å²) in [5.74, 6) is 4.47. The first-order chi connectivity index (χ1) is 29.6. The highest BCUT2D eigenvalue weighted by molar-refractivity contribution is 5.82. The molecule has 362 valence electrons. The van der Waals surface area contributed by atoms with Crippen molar-refractivity contribution in [3.63, 3.8) is 0 Å². The molecule has 0 aromatic carbocycles. The number of ether oxygens (including phenoxy) is 3. The molecule has 3 fully saturated rings. The number of hydrogen-bond acceptors (Lipinski definition) is 7. The molecular weight excluding hydrogens is 791 g/mol. The third kappa shape index (κ3) is 16.6. The Balaban J connectivity index is 1.26. The minimum atomic E-state index is -0.543. The number of esters is 1. The van der Waals surface area contributed by atoms with Crippen LogP contribution in [0.3, 0.4) is 0 Å². The van der Waals surface area contributed by atoms with Gasteiger partial charge in [0.1, 0.15) is 23.9 Å². The summed E-state index contributed by atoms with van der Waals surface area (Å²) in [5.41, 5.74) is 1.13. The summed E-state index contributed by atoms with van der Waals surface area (Å²) >= 11 is 0. The second kappa shape index (κ2) is 24.1. The fraction of sp³-hybridized carbons (Fsp3) is 0.887. The normalized spacial score (nSPS) is 27.3. The Kier molecular flexibility index (Phi) is 20.2. The summed E-state index contributed by atoms with van der Waals surface area (Å²) in [5, 5.41) is 5.62. The number of carbonyl (C=O) groups is 4. The van der Waals surface area contributed by atoms with E-state index in [1.165, 1.54) is 56.9 Å². The molecule has 0 radical (unpaired) electrons. The van der Waals surface area contributed by atoms with Crippen LogP contribution in [0, 0.1) is 46.3 Å². The molecule has 4 rings (SSSR count). The molecule has 63 heavy (non-hydrogen) atoms. The molecule has 0 bridgehead atoms. The first-order valence-corrected chi connectivity index (χ1v) is 25.7. The Bertz CT molecular complexity index is 1500. The number of nitrogens with one attached hydrogen (secondary N) is 2. The van der Waals surface area contributed by atoms with Gasteiger partial charge in [-0.1, -0.05) is 97.6 Å². The molecule has 0 heterocycles. The largest absolute Gasteiger partial charge is 0.461 e. The van der Waals surface area contributed by atoms with Crippen LogP contribution in [-0.4, -0.2) is 72.4 Å². The zero-order valence-corrected chi connectivity index (χ0v) is 42.1. The van der Waals surface area contributed by atoms with Crippen LogP contribution in [0.4, 0.5) is 9.59 Å². The van der Waals surface area contributed by atoms with Gasteiger partial charge >= 0.3 is 18.2 Å². The van der Waals surface area contributed by atoms with Gasteiger partial charge in [0.2, 0.25) is 5.91 Å². The number of hydrogen-bond donors (Lipinski definition) is 2. The monoisotopic (exact) mass is 884 g/mol. The number of unbranched alkanes of at least 4 members (excludes halogenated alkanes) is 7. The van der Waals surface area contributed by atoms with Crippen LogP contribution >= 0.6 is 0 Å². The summed E-state index contributed by atoms with van der Waals surface area (Å²) < 4.78 is 16.9.